The highest BCUT2D eigenvalue weighted by Gasteiger charge is 2.08. The molecule has 3 nitrogen and oxygen atoms in total. The number of fused-ring (bicyclic) bond motifs is 2. The van der Waals surface area contributed by atoms with Crippen molar-refractivity contribution in [2.24, 2.45) is 0 Å². The van der Waals surface area contributed by atoms with Crippen LogP contribution in [0.5, 0.6) is 0 Å². The van der Waals surface area contributed by atoms with Crippen molar-refractivity contribution in [3.8, 4) is 11.3 Å². The van der Waals surface area contributed by atoms with Crippen LogP contribution in [-0.2, 0) is 0 Å². The summed E-state index contributed by atoms with van der Waals surface area (Å²) >= 11 is 0. The zero-order valence-corrected chi connectivity index (χ0v) is 11.1. The molecule has 20 heavy (non-hydrogen) atoms. The van der Waals surface area contributed by atoms with Crippen LogP contribution in [0.3, 0.4) is 0 Å². The highest BCUT2D eigenvalue weighted by Crippen LogP contribution is 2.28. The van der Waals surface area contributed by atoms with E-state index >= 15 is 0 Å². The molecule has 3 heteroatoms. The van der Waals surface area contributed by atoms with Gasteiger partial charge in [0.15, 0.2) is 0 Å². The Kier molecular flexibility index (Phi) is 2.33. The number of aromatic amines is 1. The van der Waals surface area contributed by atoms with Gasteiger partial charge in [0, 0.05) is 28.0 Å². The van der Waals surface area contributed by atoms with Crippen LogP contribution in [0.25, 0.3) is 33.1 Å². The van der Waals surface area contributed by atoms with Crippen molar-refractivity contribution in [2.45, 2.75) is 6.92 Å². The minimum atomic E-state index is 0.799. The second-order valence-corrected chi connectivity index (χ2v) is 4.92. The van der Waals surface area contributed by atoms with Crippen molar-refractivity contribution in [3.63, 3.8) is 0 Å². The first-order valence-corrected chi connectivity index (χ1v) is 6.62. The highest BCUT2D eigenvalue weighted by molar-refractivity contribution is 5.95. The van der Waals surface area contributed by atoms with Gasteiger partial charge in [-0.15, -0.1) is 0 Å². The van der Waals surface area contributed by atoms with Crippen molar-refractivity contribution in [2.75, 3.05) is 0 Å². The number of para-hydroxylation sites is 1. The molecule has 0 atom stereocenters. The molecule has 0 radical (unpaired) electrons. The molecule has 0 aliphatic heterocycles. The number of nitrogens with one attached hydrogen (secondary N) is 1. The van der Waals surface area contributed by atoms with Gasteiger partial charge in [-0.25, -0.2) is 9.97 Å². The van der Waals surface area contributed by atoms with E-state index in [-0.39, 0.29) is 0 Å². The minimum Gasteiger partial charge on any atom is -0.361 e. The Labute approximate surface area is 116 Å². The van der Waals surface area contributed by atoms with Gasteiger partial charge in [0.1, 0.15) is 5.82 Å². The number of aromatic nitrogens is 3. The van der Waals surface area contributed by atoms with Crippen LogP contribution >= 0.6 is 0 Å². The first kappa shape index (κ1) is 11.2. The molecule has 2 aromatic carbocycles. The van der Waals surface area contributed by atoms with Crippen LogP contribution < -0.4 is 0 Å². The molecule has 0 aliphatic carbocycles. The number of hydrogen-bond donors (Lipinski definition) is 1. The summed E-state index contributed by atoms with van der Waals surface area (Å²) in [5.41, 5.74) is 4.25. The lowest BCUT2D eigenvalue weighted by Gasteiger charge is -2.07. The first-order valence-electron chi connectivity index (χ1n) is 6.62. The smallest absolute Gasteiger partial charge is 0.126 e. The summed E-state index contributed by atoms with van der Waals surface area (Å²) in [6.45, 7) is 1.94. The van der Waals surface area contributed by atoms with Gasteiger partial charge >= 0.3 is 0 Å². The molecule has 0 saturated carbocycles. The zero-order valence-electron chi connectivity index (χ0n) is 11.1. The number of benzene rings is 2. The Bertz CT molecular complexity index is 922. The van der Waals surface area contributed by atoms with Gasteiger partial charge in [-0.1, -0.05) is 24.3 Å². The molecule has 0 saturated heterocycles. The van der Waals surface area contributed by atoms with Crippen molar-refractivity contribution in [1.29, 1.82) is 0 Å². The standard InChI is InChI=1S/C17H13N3/c1-11-19-16-5-3-2-4-14(16)17(20-11)13-6-7-15-12(10-13)8-9-18-15/h2-10,18H,1H3. The van der Waals surface area contributed by atoms with E-state index in [0.29, 0.717) is 0 Å². The van der Waals surface area contributed by atoms with Gasteiger partial charge in [0.2, 0.25) is 0 Å². The van der Waals surface area contributed by atoms with E-state index in [9.17, 15) is 0 Å². The SMILES string of the molecule is Cc1nc(-c2ccc3[nH]ccc3c2)c2ccccc2n1. The zero-order chi connectivity index (χ0) is 13.5. The van der Waals surface area contributed by atoms with Crippen molar-refractivity contribution in [1.82, 2.24) is 15.0 Å². The summed E-state index contributed by atoms with van der Waals surface area (Å²) in [4.78, 5) is 12.4. The molecule has 0 unspecified atom stereocenters. The normalized spacial score (nSPS) is 11.2. The molecule has 0 amide bonds. The maximum Gasteiger partial charge on any atom is 0.126 e. The highest BCUT2D eigenvalue weighted by atomic mass is 14.9. The maximum atomic E-state index is 4.64. The fourth-order valence-corrected chi connectivity index (χ4v) is 2.61. The molecule has 2 aromatic heterocycles. The lowest BCUT2D eigenvalue weighted by Crippen LogP contribution is -1.93. The first-order chi connectivity index (χ1) is 9.81. The summed E-state index contributed by atoms with van der Waals surface area (Å²) in [7, 11) is 0. The summed E-state index contributed by atoms with van der Waals surface area (Å²) in [5, 5.41) is 2.29. The van der Waals surface area contributed by atoms with E-state index in [1.807, 2.05) is 31.3 Å². The molecule has 0 aliphatic rings. The third-order valence-electron chi connectivity index (χ3n) is 3.54. The van der Waals surface area contributed by atoms with E-state index in [1.54, 1.807) is 0 Å². The van der Waals surface area contributed by atoms with E-state index in [4.69, 9.17) is 0 Å². The van der Waals surface area contributed by atoms with Crippen LogP contribution in [0, 0.1) is 6.92 Å². The van der Waals surface area contributed by atoms with E-state index in [1.165, 1.54) is 5.39 Å². The topological polar surface area (TPSA) is 41.6 Å². The van der Waals surface area contributed by atoms with E-state index < -0.39 is 0 Å². The lowest BCUT2D eigenvalue weighted by molar-refractivity contribution is 1.10. The van der Waals surface area contributed by atoms with Crippen molar-refractivity contribution >= 4 is 21.8 Å². The summed E-state index contributed by atoms with van der Waals surface area (Å²) in [6.07, 6.45) is 1.96. The average Bonchev–Trinajstić information content (AvgIpc) is 2.93. The molecule has 2 heterocycles. The van der Waals surface area contributed by atoms with Crippen LogP contribution in [-0.4, -0.2) is 15.0 Å². The molecule has 0 spiro atoms. The largest absolute Gasteiger partial charge is 0.361 e. The number of hydrogen-bond acceptors (Lipinski definition) is 2. The monoisotopic (exact) mass is 259 g/mol. The lowest BCUT2D eigenvalue weighted by atomic mass is 10.0. The molecule has 96 valence electrons. The predicted molar refractivity (Wildman–Crippen MR) is 81.6 cm³/mol. The Morgan fingerprint density at radius 3 is 2.80 bits per heavy atom. The molecular formula is C17H13N3. The molecule has 0 fully saturated rings. The fraction of sp³-hybridized carbons (Fsp3) is 0.0588. The minimum absolute atomic E-state index is 0.799. The predicted octanol–water partition coefficient (Wildman–Crippen LogP) is 4.09. The summed E-state index contributed by atoms with van der Waals surface area (Å²) in [5.74, 6) is 0.799. The molecule has 0 bridgehead atoms. The van der Waals surface area contributed by atoms with E-state index in [0.717, 1.165) is 33.5 Å². The molecular weight excluding hydrogens is 246 g/mol. The Balaban J connectivity index is 2.05. The van der Waals surface area contributed by atoms with Gasteiger partial charge < -0.3 is 4.98 Å². The third-order valence-corrected chi connectivity index (χ3v) is 3.54. The Morgan fingerprint density at radius 2 is 1.85 bits per heavy atom. The average molecular weight is 259 g/mol. The van der Waals surface area contributed by atoms with Gasteiger partial charge in [0.25, 0.3) is 0 Å². The van der Waals surface area contributed by atoms with Gasteiger partial charge in [-0.2, -0.15) is 0 Å². The number of aryl methyl sites for hydroxylation is 1. The van der Waals surface area contributed by atoms with Crippen LogP contribution in [0.1, 0.15) is 5.82 Å². The quantitative estimate of drug-likeness (QED) is 0.559. The molecule has 1 N–H and O–H groups in total. The summed E-state index contributed by atoms with van der Waals surface area (Å²) < 4.78 is 0. The maximum absolute atomic E-state index is 4.64. The van der Waals surface area contributed by atoms with E-state index in [2.05, 4.69) is 45.3 Å². The van der Waals surface area contributed by atoms with Gasteiger partial charge in [0.05, 0.1) is 11.2 Å². The van der Waals surface area contributed by atoms with Crippen molar-refractivity contribution < 1.29 is 0 Å². The van der Waals surface area contributed by atoms with Crippen LogP contribution in [0.15, 0.2) is 54.7 Å². The Hall–Kier alpha value is -2.68. The Morgan fingerprint density at radius 1 is 0.950 bits per heavy atom. The van der Waals surface area contributed by atoms with Crippen LogP contribution in [0.4, 0.5) is 0 Å². The third kappa shape index (κ3) is 1.67. The number of rotatable bonds is 1. The number of nitrogens with zero attached hydrogens (tertiary/aromatic N) is 2. The second kappa shape index (κ2) is 4.17. The van der Waals surface area contributed by atoms with Gasteiger partial charge in [-0.05, 0) is 31.2 Å². The van der Waals surface area contributed by atoms with Crippen molar-refractivity contribution in [3.05, 3.63) is 60.6 Å². The second-order valence-electron chi connectivity index (χ2n) is 4.92. The fourth-order valence-electron chi connectivity index (χ4n) is 2.61. The summed E-state index contributed by atoms with van der Waals surface area (Å²) in [6, 6.07) is 16.6. The number of H-pyrrole nitrogens is 1. The molecule has 4 rings (SSSR count). The van der Waals surface area contributed by atoms with Crippen LogP contribution in [0.2, 0.25) is 0 Å². The van der Waals surface area contributed by atoms with Gasteiger partial charge in [-0.3, -0.25) is 0 Å². The molecule has 4 aromatic rings.